The summed E-state index contributed by atoms with van der Waals surface area (Å²) in [5, 5.41) is 6.88. The number of carbonyl (C=O) groups is 1. The van der Waals surface area contributed by atoms with Crippen LogP contribution in [-0.2, 0) is 4.79 Å². The van der Waals surface area contributed by atoms with Crippen molar-refractivity contribution in [2.75, 3.05) is 31.5 Å². The molecular formula is C14H19BrClN3O. The molecule has 0 aliphatic carbocycles. The van der Waals surface area contributed by atoms with Gasteiger partial charge >= 0.3 is 0 Å². The van der Waals surface area contributed by atoms with Crippen LogP contribution in [0.5, 0.6) is 0 Å². The van der Waals surface area contributed by atoms with Gasteiger partial charge in [0.25, 0.3) is 0 Å². The predicted molar refractivity (Wildman–Crippen MR) is 86.3 cm³/mol. The minimum absolute atomic E-state index is 0.00591. The van der Waals surface area contributed by atoms with Gasteiger partial charge in [-0.1, -0.05) is 11.6 Å². The highest BCUT2D eigenvalue weighted by Crippen LogP contribution is 2.26. The summed E-state index contributed by atoms with van der Waals surface area (Å²) in [7, 11) is 0. The van der Waals surface area contributed by atoms with Crippen molar-refractivity contribution >= 4 is 39.1 Å². The molecule has 2 N–H and O–H groups in total. The number of rotatable bonds is 3. The van der Waals surface area contributed by atoms with E-state index in [4.69, 9.17) is 11.6 Å². The Kier molecular flexibility index (Phi) is 5.07. The number of benzene rings is 1. The first-order valence-corrected chi connectivity index (χ1v) is 7.80. The van der Waals surface area contributed by atoms with Crippen LogP contribution in [-0.4, -0.2) is 42.5 Å². The van der Waals surface area contributed by atoms with E-state index >= 15 is 0 Å². The van der Waals surface area contributed by atoms with Crippen molar-refractivity contribution in [3.8, 4) is 0 Å². The van der Waals surface area contributed by atoms with Gasteiger partial charge in [0.05, 0.1) is 10.6 Å². The molecule has 1 aromatic rings. The van der Waals surface area contributed by atoms with Gasteiger partial charge in [-0.2, -0.15) is 0 Å². The molecule has 1 saturated heterocycles. The van der Waals surface area contributed by atoms with E-state index in [1.165, 1.54) is 0 Å². The van der Waals surface area contributed by atoms with Gasteiger partial charge in [-0.05, 0) is 48.0 Å². The van der Waals surface area contributed by atoms with Crippen LogP contribution in [0.1, 0.15) is 13.8 Å². The summed E-state index contributed by atoms with van der Waals surface area (Å²) in [5.41, 5.74) is 0.211. The van der Waals surface area contributed by atoms with E-state index in [0.717, 1.165) is 36.3 Å². The maximum atomic E-state index is 12.5. The van der Waals surface area contributed by atoms with Crippen LogP contribution in [0.4, 0.5) is 5.69 Å². The normalized spacial score (nSPS) is 17.0. The highest BCUT2D eigenvalue weighted by Gasteiger charge is 2.35. The van der Waals surface area contributed by atoms with Crippen molar-refractivity contribution in [1.82, 2.24) is 10.2 Å². The Bertz CT molecular complexity index is 501. The van der Waals surface area contributed by atoms with E-state index in [2.05, 4.69) is 31.5 Å². The van der Waals surface area contributed by atoms with Crippen LogP contribution in [0, 0.1) is 0 Å². The lowest BCUT2D eigenvalue weighted by molar-refractivity contribution is -0.126. The lowest BCUT2D eigenvalue weighted by atomic mass is 10.0. The number of halogens is 2. The van der Waals surface area contributed by atoms with Gasteiger partial charge in [-0.25, -0.2) is 0 Å². The number of carbonyl (C=O) groups excluding carboxylic acids is 1. The quantitative estimate of drug-likeness (QED) is 0.871. The largest absolute Gasteiger partial charge is 0.324 e. The van der Waals surface area contributed by atoms with Crippen LogP contribution in [0.15, 0.2) is 22.7 Å². The van der Waals surface area contributed by atoms with Gasteiger partial charge in [0.1, 0.15) is 0 Å². The zero-order valence-electron chi connectivity index (χ0n) is 11.7. The number of hydrogen-bond donors (Lipinski definition) is 2. The van der Waals surface area contributed by atoms with Crippen molar-refractivity contribution in [1.29, 1.82) is 0 Å². The molecule has 4 nitrogen and oxygen atoms in total. The molecule has 1 aliphatic rings. The van der Waals surface area contributed by atoms with Crippen LogP contribution in [0.25, 0.3) is 0 Å². The molecule has 0 spiro atoms. The lowest BCUT2D eigenvalue weighted by Crippen LogP contribution is -2.58. The Morgan fingerprint density at radius 3 is 2.65 bits per heavy atom. The first-order valence-electron chi connectivity index (χ1n) is 6.63. The summed E-state index contributed by atoms with van der Waals surface area (Å²) >= 11 is 9.32. The number of nitrogens with one attached hydrogen (secondary N) is 2. The SMILES string of the molecule is CC(C)(C(=O)Nc1ccc(Cl)c(Br)c1)N1CCNCC1. The first-order chi connectivity index (χ1) is 9.41. The lowest BCUT2D eigenvalue weighted by Gasteiger charge is -2.39. The third-order valence-corrected chi connectivity index (χ3v) is 4.85. The number of hydrogen-bond acceptors (Lipinski definition) is 3. The average molecular weight is 361 g/mol. The monoisotopic (exact) mass is 359 g/mol. The summed E-state index contributed by atoms with van der Waals surface area (Å²) in [6, 6.07) is 5.38. The molecule has 2 rings (SSSR count). The highest BCUT2D eigenvalue weighted by atomic mass is 79.9. The average Bonchev–Trinajstić information content (AvgIpc) is 2.44. The minimum atomic E-state index is -0.534. The summed E-state index contributed by atoms with van der Waals surface area (Å²) in [6.07, 6.45) is 0. The number of anilines is 1. The highest BCUT2D eigenvalue weighted by molar-refractivity contribution is 9.10. The topological polar surface area (TPSA) is 44.4 Å². The van der Waals surface area contributed by atoms with Gasteiger partial charge in [0.2, 0.25) is 5.91 Å². The molecule has 0 saturated carbocycles. The molecule has 110 valence electrons. The van der Waals surface area contributed by atoms with E-state index in [1.54, 1.807) is 12.1 Å². The van der Waals surface area contributed by atoms with Gasteiger partial charge in [-0.15, -0.1) is 0 Å². The zero-order valence-corrected chi connectivity index (χ0v) is 14.0. The van der Waals surface area contributed by atoms with E-state index in [1.807, 2.05) is 19.9 Å². The fourth-order valence-corrected chi connectivity index (χ4v) is 2.72. The molecule has 20 heavy (non-hydrogen) atoms. The van der Waals surface area contributed by atoms with E-state index < -0.39 is 5.54 Å². The smallest absolute Gasteiger partial charge is 0.244 e. The molecule has 0 aromatic heterocycles. The zero-order chi connectivity index (χ0) is 14.8. The molecule has 0 atom stereocenters. The second-order valence-corrected chi connectivity index (χ2v) is 6.64. The second kappa shape index (κ2) is 6.43. The van der Waals surface area contributed by atoms with Crippen molar-refractivity contribution in [3.63, 3.8) is 0 Å². The fraction of sp³-hybridized carbons (Fsp3) is 0.500. The number of nitrogens with zero attached hydrogens (tertiary/aromatic N) is 1. The minimum Gasteiger partial charge on any atom is -0.324 e. The molecule has 1 fully saturated rings. The number of piperazine rings is 1. The molecular weight excluding hydrogens is 342 g/mol. The maximum absolute atomic E-state index is 12.5. The molecule has 0 unspecified atom stereocenters. The summed E-state index contributed by atoms with van der Waals surface area (Å²) in [6.45, 7) is 7.51. The van der Waals surface area contributed by atoms with Crippen molar-refractivity contribution in [3.05, 3.63) is 27.7 Å². The van der Waals surface area contributed by atoms with Crippen LogP contribution >= 0.6 is 27.5 Å². The Morgan fingerprint density at radius 2 is 2.05 bits per heavy atom. The van der Waals surface area contributed by atoms with Crippen LogP contribution in [0.3, 0.4) is 0 Å². The van der Waals surface area contributed by atoms with Crippen LogP contribution < -0.4 is 10.6 Å². The maximum Gasteiger partial charge on any atom is 0.244 e. The Labute approximate surface area is 133 Å². The van der Waals surface area contributed by atoms with Crippen molar-refractivity contribution in [2.24, 2.45) is 0 Å². The third kappa shape index (κ3) is 3.52. The fourth-order valence-electron chi connectivity index (χ4n) is 2.23. The number of amides is 1. The Hall–Kier alpha value is -0.620. The van der Waals surface area contributed by atoms with Gasteiger partial charge in [-0.3, -0.25) is 9.69 Å². The van der Waals surface area contributed by atoms with Gasteiger partial charge < -0.3 is 10.6 Å². The van der Waals surface area contributed by atoms with Gasteiger partial charge in [0, 0.05) is 36.3 Å². The molecule has 1 aromatic carbocycles. The standard InChI is InChI=1S/C14H19BrClN3O/c1-14(2,19-7-5-17-6-8-19)13(20)18-10-3-4-12(16)11(15)9-10/h3-4,9,17H,5-8H2,1-2H3,(H,18,20). The van der Waals surface area contributed by atoms with E-state index in [9.17, 15) is 4.79 Å². The van der Waals surface area contributed by atoms with Crippen molar-refractivity contribution < 1.29 is 4.79 Å². The van der Waals surface area contributed by atoms with E-state index in [-0.39, 0.29) is 5.91 Å². The first kappa shape index (κ1) is 15.8. The van der Waals surface area contributed by atoms with Crippen LogP contribution in [0.2, 0.25) is 5.02 Å². The predicted octanol–water partition coefficient (Wildman–Crippen LogP) is 2.72. The summed E-state index contributed by atoms with van der Waals surface area (Å²) < 4.78 is 0.775. The second-order valence-electron chi connectivity index (χ2n) is 5.38. The van der Waals surface area contributed by atoms with E-state index in [0.29, 0.717) is 5.02 Å². The molecule has 0 bridgehead atoms. The Morgan fingerprint density at radius 1 is 1.40 bits per heavy atom. The molecule has 1 heterocycles. The van der Waals surface area contributed by atoms with Gasteiger partial charge in [0.15, 0.2) is 0 Å². The molecule has 1 aliphatic heterocycles. The molecule has 0 radical (unpaired) electrons. The third-order valence-electron chi connectivity index (χ3n) is 3.64. The Balaban J connectivity index is 2.07. The molecule has 1 amide bonds. The van der Waals surface area contributed by atoms with Crippen molar-refractivity contribution in [2.45, 2.75) is 19.4 Å². The molecule has 6 heteroatoms. The summed E-state index contributed by atoms with van der Waals surface area (Å²) in [4.78, 5) is 14.7. The summed E-state index contributed by atoms with van der Waals surface area (Å²) in [5.74, 6) is -0.00591.